The van der Waals surface area contributed by atoms with Crippen LogP contribution in [-0.4, -0.2) is 32.5 Å². The Morgan fingerprint density at radius 2 is 1.63 bits per heavy atom. The summed E-state index contributed by atoms with van der Waals surface area (Å²) >= 11 is 0. The molecule has 5 nitrogen and oxygen atoms in total. The predicted octanol–water partition coefficient (Wildman–Crippen LogP) is 3.90. The van der Waals surface area contributed by atoms with Gasteiger partial charge in [-0.2, -0.15) is 0 Å². The van der Waals surface area contributed by atoms with Gasteiger partial charge in [0.25, 0.3) is 0 Å². The Morgan fingerprint density at radius 1 is 0.926 bits per heavy atom. The van der Waals surface area contributed by atoms with Crippen LogP contribution in [0.5, 0.6) is 0 Å². The maximum absolute atomic E-state index is 8.96. The van der Waals surface area contributed by atoms with E-state index in [1.807, 2.05) is 30.3 Å². The zero-order chi connectivity index (χ0) is 19.1. The van der Waals surface area contributed by atoms with Gasteiger partial charge >= 0.3 is 0 Å². The van der Waals surface area contributed by atoms with Crippen molar-refractivity contribution in [2.24, 2.45) is 0 Å². The van der Waals surface area contributed by atoms with Gasteiger partial charge in [0.1, 0.15) is 0 Å². The third kappa shape index (κ3) is 5.65. The summed E-state index contributed by atoms with van der Waals surface area (Å²) in [5, 5.41) is 3.29. The first kappa shape index (κ1) is 19.6. The van der Waals surface area contributed by atoms with Gasteiger partial charge in [-0.05, 0) is 19.9 Å². The molecule has 0 unspecified atom stereocenters. The molecule has 27 heavy (non-hydrogen) atoms. The van der Waals surface area contributed by atoms with Crippen molar-refractivity contribution in [2.45, 2.75) is 19.9 Å². The highest BCUT2D eigenvalue weighted by Crippen LogP contribution is 2.29. The van der Waals surface area contributed by atoms with Crippen molar-refractivity contribution in [3.8, 4) is 22.5 Å². The van der Waals surface area contributed by atoms with Crippen molar-refractivity contribution in [1.29, 1.82) is 0 Å². The summed E-state index contributed by atoms with van der Waals surface area (Å²) in [4.78, 5) is 27.5. The molecule has 0 saturated carbocycles. The quantitative estimate of drug-likeness (QED) is 0.408. The molecule has 0 amide bonds. The number of hydrogen-bond donors (Lipinski definition) is 3. The molecule has 0 bridgehead atoms. The SMILES string of the molecule is Cc1ccc(-c2ncc(CNCCCP(O)O)nc2-c2ccccc2)cc1. The molecule has 0 spiro atoms. The Hall–Kier alpha value is -2.17. The summed E-state index contributed by atoms with van der Waals surface area (Å²) in [6.45, 7) is 3.37. The molecule has 140 valence electrons. The van der Waals surface area contributed by atoms with Gasteiger partial charge in [-0.3, -0.25) is 4.98 Å². The molecule has 1 aromatic heterocycles. The van der Waals surface area contributed by atoms with Crippen molar-refractivity contribution in [3.63, 3.8) is 0 Å². The smallest absolute Gasteiger partial charge is 0.164 e. The second-order valence-corrected chi connectivity index (χ2v) is 7.61. The summed E-state index contributed by atoms with van der Waals surface area (Å²) in [5.74, 6) is 0. The molecule has 0 aliphatic carbocycles. The molecular weight excluding hydrogens is 357 g/mol. The van der Waals surface area contributed by atoms with Crippen molar-refractivity contribution in [2.75, 3.05) is 12.7 Å². The standard InChI is InChI=1S/C21H24N3O2P/c1-16-8-10-18(11-9-16)20-21(17-6-3-2-4-7-17)24-19(15-23-20)14-22-12-5-13-27(25)26/h2-4,6-11,15,22,25-26H,5,12-14H2,1H3. The lowest BCUT2D eigenvalue weighted by Gasteiger charge is -2.12. The van der Waals surface area contributed by atoms with Gasteiger partial charge in [0.2, 0.25) is 0 Å². The second-order valence-electron chi connectivity index (χ2n) is 6.42. The molecule has 0 aliphatic heterocycles. The zero-order valence-corrected chi connectivity index (χ0v) is 16.2. The van der Waals surface area contributed by atoms with E-state index in [0.29, 0.717) is 19.3 Å². The van der Waals surface area contributed by atoms with Gasteiger partial charge < -0.3 is 15.1 Å². The summed E-state index contributed by atoms with van der Waals surface area (Å²) in [6.07, 6.45) is 2.95. The normalized spacial score (nSPS) is 11.1. The minimum Gasteiger partial charge on any atom is -0.350 e. The van der Waals surface area contributed by atoms with Crippen LogP contribution in [0.3, 0.4) is 0 Å². The number of nitrogens with zero attached hydrogens (tertiary/aromatic N) is 2. The van der Waals surface area contributed by atoms with Gasteiger partial charge in [0, 0.05) is 23.8 Å². The molecule has 0 aliphatic rings. The monoisotopic (exact) mass is 381 g/mol. The van der Waals surface area contributed by atoms with E-state index in [2.05, 4.69) is 36.5 Å². The molecular formula is C21H24N3O2P. The summed E-state index contributed by atoms with van der Waals surface area (Å²) < 4.78 is 0. The number of rotatable bonds is 8. The van der Waals surface area contributed by atoms with Crippen LogP contribution in [0.15, 0.2) is 60.8 Å². The molecule has 0 radical (unpaired) electrons. The van der Waals surface area contributed by atoms with E-state index >= 15 is 0 Å². The molecule has 0 fully saturated rings. The maximum Gasteiger partial charge on any atom is 0.164 e. The van der Waals surface area contributed by atoms with Crippen molar-refractivity contribution < 1.29 is 9.79 Å². The van der Waals surface area contributed by atoms with Crippen LogP contribution in [-0.2, 0) is 6.54 Å². The third-order valence-electron chi connectivity index (χ3n) is 4.21. The van der Waals surface area contributed by atoms with Gasteiger partial charge in [-0.15, -0.1) is 0 Å². The molecule has 3 rings (SSSR count). The number of nitrogens with one attached hydrogen (secondary N) is 1. The second kappa shape index (κ2) is 9.67. The van der Waals surface area contributed by atoms with Crippen LogP contribution in [0.4, 0.5) is 0 Å². The fraction of sp³-hybridized carbons (Fsp3) is 0.238. The van der Waals surface area contributed by atoms with E-state index < -0.39 is 8.38 Å². The Balaban J connectivity index is 1.83. The van der Waals surface area contributed by atoms with Crippen molar-refractivity contribution in [3.05, 3.63) is 72.1 Å². The minimum absolute atomic E-state index is 0.426. The van der Waals surface area contributed by atoms with Crippen LogP contribution < -0.4 is 5.32 Å². The predicted molar refractivity (Wildman–Crippen MR) is 110 cm³/mol. The third-order valence-corrected chi connectivity index (χ3v) is 4.93. The zero-order valence-electron chi connectivity index (χ0n) is 15.3. The summed E-state index contributed by atoms with van der Waals surface area (Å²) in [7, 11) is -1.81. The van der Waals surface area contributed by atoms with Gasteiger partial charge in [0.15, 0.2) is 8.38 Å². The minimum atomic E-state index is -1.81. The number of hydrogen-bond acceptors (Lipinski definition) is 5. The first-order valence-electron chi connectivity index (χ1n) is 8.98. The lowest BCUT2D eigenvalue weighted by molar-refractivity contribution is 0.478. The average Bonchev–Trinajstić information content (AvgIpc) is 2.69. The van der Waals surface area contributed by atoms with E-state index in [1.54, 1.807) is 6.20 Å². The molecule has 6 heteroatoms. The maximum atomic E-state index is 8.96. The van der Waals surface area contributed by atoms with Crippen LogP contribution >= 0.6 is 8.38 Å². The highest BCUT2D eigenvalue weighted by molar-refractivity contribution is 7.45. The Morgan fingerprint density at radius 3 is 2.33 bits per heavy atom. The highest BCUT2D eigenvalue weighted by atomic mass is 31.2. The average molecular weight is 381 g/mol. The lowest BCUT2D eigenvalue weighted by Crippen LogP contribution is -2.17. The highest BCUT2D eigenvalue weighted by Gasteiger charge is 2.12. The lowest BCUT2D eigenvalue weighted by atomic mass is 10.0. The molecule has 2 aromatic carbocycles. The van der Waals surface area contributed by atoms with Crippen molar-refractivity contribution >= 4 is 8.38 Å². The van der Waals surface area contributed by atoms with E-state index in [4.69, 9.17) is 19.8 Å². The largest absolute Gasteiger partial charge is 0.350 e. The number of aryl methyl sites for hydroxylation is 1. The Bertz CT molecular complexity index is 855. The van der Waals surface area contributed by atoms with E-state index in [-0.39, 0.29) is 0 Å². The fourth-order valence-electron chi connectivity index (χ4n) is 2.79. The number of aromatic nitrogens is 2. The van der Waals surface area contributed by atoms with Crippen LogP contribution in [0.1, 0.15) is 17.7 Å². The molecule has 3 N–H and O–H groups in total. The van der Waals surface area contributed by atoms with Gasteiger partial charge in [-0.25, -0.2) is 4.98 Å². The molecule has 0 saturated heterocycles. The molecule has 1 heterocycles. The van der Waals surface area contributed by atoms with E-state index in [0.717, 1.165) is 34.6 Å². The number of benzene rings is 2. The van der Waals surface area contributed by atoms with Crippen LogP contribution in [0.2, 0.25) is 0 Å². The first-order chi connectivity index (χ1) is 13.1. The van der Waals surface area contributed by atoms with Crippen molar-refractivity contribution in [1.82, 2.24) is 15.3 Å². The van der Waals surface area contributed by atoms with Gasteiger partial charge in [-0.1, -0.05) is 60.2 Å². The summed E-state index contributed by atoms with van der Waals surface area (Å²) in [6, 6.07) is 18.4. The molecule has 0 atom stereocenters. The van der Waals surface area contributed by atoms with E-state index in [9.17, 15) is 0 Å². The Labute approximate surface area is 161 Å². The summed E-state index contributed by atoms with van der Waals surface area (Å²) in [5.41, 5.74) is 5.90. The first-order valence-corrected chi connectivity index (χ1v) is 10.4. The van der Waals surface area contributed by atoms with E-state index in [1.165, 1.54) is 5.56 Å². The topological polar surface area (TPSA) is 78.3 Å². The molecule has 3 aromatic rings. The van der Waals surface area contributed by atoms with Crippen LogP contribution in [0.25, 0.3) is 22.5 Å². The fourth-order valence-corrected chi connectivity index (χ4v) is 3.23. The van der Waals surface area contributed by atoms with Gasteiger partial charge in [0.05, 0.1) is 23.3 Å². The van der Waals surface area contributed by atoms with Crippen LogP contribution in [0, 0.1) is 6.92 Å². The Kier molecular flexibility index (Phi) is 7.02.